The lowest BCUT2D eigenvalue weighted by molar-refractivity contribution is -0.123. The molecule has 0 aromatic carbocycles. The van der Waals surface area contributed by atoms with E-state index in [1.54, 1.807) is 6.07 Å². The third-order valence-corrected chi connectivity index (χ3v) is 3.43. The van der Waals surface area contributed by atoms with Gasteiger partial charge in [-0.05, 0) is 18.6 Å². The van der Waals surface area contributed by atoms with Crippen LogP contribution in [0.5, 0.6) is 0 Å². The minimum atomic E-state index is -4.42. The van der Waals surface area contributed by atoms with Gasteiger partial charge in [0.15, 0.2) is 5.82 Å². The van der Waals surface area contributed by atoms with E-state index in [0.717, 1.165) is 25.2 Å². The predicted molar refractivity (Wildman–Crippen MR) is 66.9 cm³/mol. The Labute approximate surface area is 113 Å². The van der Waals surface area contributed by atoms with Gasteiger partial charge in [-0.1, -0.05) is 0 Å². The van der Waals surface area contributed by atoms with Gasteiger partial charge in [0.25, 0.3) is 5.91 Å². The second kappa shape index (κ2) is 4.53. The van der Waals surface area contributed by atoms with Crippen molar-refractivity contribution in [2.75, 3.05) is 29.9 Å². The zero-order valence-corrected chi connectivity index (χ0v) is 10.5. The molecule has 2 aliphatic heterocycles. The normalized spacial score (nSPS) is 20.4. The third-order valence-electron chi connectivity index (χ3n) is 3.43. The molecule has 5 nitrogen and oxygen atoms in total. The van der Waals surface area contributed by atoms with Crippen molar-refractivity contribution in [3.8, 4) is 0 Å². The summed E-state index contributed by atoms with van der Waals surface area (Å²) in [6.45, 7) is 0.465. The third kappa shape index (κ3) is 2.50. The smallest absolute Gasteiger partial charge is 0.366 e. The van der Waals surface area contributed by atoms with E-state index in [9.17, 15) is 18.0 Å². The van der Waals surface area contributed by atoms with Crippen LogP contribution >= 0.6 is 0 Å². The molecular weight excluding hydrogens is 273 g/mol. The van der Waals surface area contributed by atoms with Crippen LogP contribution in [0.1, 0.15) is 16.9 Å². The van der Waals surface area contributed by atoms with Crippen molar-refractivity contribution < 1.29 is 18.0 Å². The maximum atomic E-state index is 12.1. The molecule has 1 atom stereocenters. The van der Waals surface area contributed by atoms with E-state index in [4.69, 9.17) is 0 Å². The number of carbonyl (C=O) groups is 1. The minimum Gasteiger partial charge on any atom is -0.366 e. The molecule has 2 N–H and O–H groups in total. The van der Waals surface area contributed by atoms with Crippen molar-refractivity contribution in [2.24, 2.45) is 0 Å². The molecule has 0 radical (unpaired) electrons. The van der Waals surface area contributed by atoms with Crippen molar-refractivity contribution in [1.82, 2.24) is 10.3 Å². The van der Waals surface area contributed by atoms with Crippen LogP contribution in [0.2, 0.25) is 0 Å². The summed E-state index contributed by atoms with van der Waals surface area (Å²) in [6, 6.07) is 3.47. The summed E-state index contributed by atoms with van der Waals surface area (Å²) >= 11 is 0. The number of carbonyl (C=O) groups excluding carboxylic acids is 1. The molecule has 1 fully saturated rings. The number of anilines is 2. The number of hydrogen-bond donors (Lipinski definition) is 2. The van der Waals surface area contributed by atoms with Crippen LogP contribution in [-0.4, -0.2) is 42.7 Å². The van der Waals surface area contributed by atoms with Crippen molar-refractivity contribution in [3.63, 3.8) is 0 Å². The summed E-state index contributed by atoms with van der Waals surface area (Å²) in [5.74, 6) is -0.252. The molecular formula is C12H13F3N4O. The predicted octanol–water partition coefficient (Wildman–Crippen LogP) is 1.38. The zero-order valence-electron chi connectivity index (χ0n) is 10.5. The van der Waals surface area contributed by atoms with E-state index in [1.807, 2.05) is 5.32 Å². The molecule has 1 aromatic rings. The Morgan fingerprint density at radius 1 is 1.50 bits per heavy atom. The first-order valence-electron chi connectivity index (χ1n) is 6.30. The first-order valence-corrected chi connectivity index (χ1v) is 6.30. The average Bonchev–Trinajstić information content (AvgIpc) is 2.77. The van der Waals surface area contributed by atoms with Gasteiger partial charge < -0.3 is 15.5 Å². The van der Waals surface area contributed by atoms with Crippen molar-refractivity contribution in [2.45, 2.75) is 18.6 Å². The van der Waals surface area contributed by atoms with Gasteiger partial charge in [-0.2, -0.15) is 13.2 Å². The van der Waals surface area contributed by atoms with Crippen molar-refractivity contribution in [1.29, 1.82) is 0 Å². The molecule has 3 heterocycles. The molecule has 1 saturated heterocycles. The Balaban J connectivity index is 1.76. The topological polar surface area (TPSA) is 57.3 Å². The van der Waals surface area contributed by atoms with Crippen molar-refractivity contribution >= 4 is 17.4 Å². The quantitative estimate of drug-likeness (QED) is 0.862. The highest BCUT2D eigenvalue weighted by Gasteiger charge is 2.32. The summed E-state index contributed by atoms with van der Waals surface area (Å²) in [4.78, 5) is 17.9. The summed E-state index contributed by atoms with van der Waals surface area (Å²) in [7, 11) is 0. The van der Waals surface area contributed by atoms with E-state index in [-0.39, 0.29) is 5.69 Å². The number of nitrogens with zero attached hydrogens (tertiary/aromatic N) is 2. The first kappa shape index (κ1) is 13.0. The maximum Gasteiger partial charge on any atom is 0.405 e. The van der Waals surface area contributed by atoms with Gasteiger partial charge in [-0.3, -0.25) is 4.79 Å². The summed E-state index contributed by atoms with van der Waals surface area (Å²) in [6.07, 6.45) is -3.43. The van der Waals surface area contributed by atoms with Crippen LogP contribution in [0.15, 0.2) is 12.1 Å². The highest BCUT2D eigenvalue weighted by atomic mass is 19.4. The van der Waals surface area contributed by atoms with Crippen LogP contribution in [0.3, 0.4) is 0 Å². The number of nitrogens with one attached hydrogen (secondary N) is 2. The Morgan fingerprint density at radius 2 is 2.30 bits per heavy atom. The van der Waals surface area contributed by atoms with Crippen LogP contribution in [-0.2, 0) is 0 Å². The molecule has 108 valence electrons. The Hall–Kier alpha value is -1.99. The molecule has 0 aliphatic carbocycles. The van der Waals surface area contributed by atoms with E-state index in [2.05, 4.69) is 15.2 Å². The largest absolute Gasteiger partial charge is 0.405 e. The number of rotatable bonds is 2. The molecule has 8 heteroatoms. The van der Waals surface area contributed by atoms with Gasteiger partial charge >= 0.3 is 6.18 Å². The molecule has 1 aromatic heterocycles. The fourth-order valence-electron chi connectivity index (χ4n) is 2.50. The zero-order chi connectivity index (χ0) is 14.3. The number of pyridine rings is 1. The van der Waals surface area contributed by atoms with Gasteiger partial charge in [-0.25, -0.2) is 4.98 Å². The Kier molecular flexibility index (Phi) is 2.95. The number of alkyl halides is 3. The number of hydrogen-bond acceptors (Lipinski definition) is 4. The van der Waals surface area contributed by atoms with Crippen LogP contribution in [0.25, 0.3) is 0 Å². The van der Waals surface area contributed by atoms with Crippen LogP contribution in [0.4, 0.5) is 24.7 Å². The lowest BCUT2D eigenvalue weighted by atomic mass is 10.2. The van der Waals surface area contributed by atoms with E-state index in [0.29, 0.717) is 11.9 Å². The summed E-state index contributed by atoms with van der Waals surface area (Å²) in [5, 5.41) is 5.02. The molecule has 2 aliphatic rings. The highest BCUT2D eigenvalue weighted by Crippen LogP contribution is 2.33. The van der Waals surface area contributed by atoms with E-state index in [1.165, 1.54) is 6.07 Å². The fraction of sp³-hybridized carbons (Fsp3) is 0.500. The van der Waals surface area contributed by atoms with Crippen LogP contribution in [0, 0.1) is 0 Å². The molecule has 2 bridgehead atoms. The minimum absolute atomic E-state index is 0.0111. The molecule has 0 unspecified atom stereocenters. The molecule has 3 rings (SSSR count). The van der Waals surface area contributed by atoms with Gasteiger partial charge in [-0.15, -0.1) is 0 Å². The Morgan fingerprint density at radius 3 is 3.05 bits per heavy atom. The van der Waals surface area contributed by atoms with Gasteiger partial charge in [0.05, 0.1) is 5.69 Å². The molecule has 20 heavy (non-hydrogen) atoms. The summed E-state index contributed by atoms with van der Waals surface area (Å²) < 4.78 is 36.2. The monoisotopic (exact) mass is 286 g/mol. The molecule has 0 saturated carbocycles. The highest BCUT2D eigenvalue weighted by molar-refractivity contribution is 5.93. The van der Waals surface area contributed by atoms with Gasteiger partial charge in [0.1, 0.15) is 12.2 Å². The standard InChI is InChI=1S/C12H13F3N4O/c13-12(14,15)6-16-11(20)8-1-2-9-10(18-8)17-7-3-4-19(9)5-7/h1-2,7H,3-6H2,(H,16,20)(H,17,18)/t7-/m1/s1. The van der Waals surface area contributed by atoms with Crippen molar-refractivity contribution in [3.05, 3.63) is 17.8 Å². The lowest BCUT2D eigenvalue weighted by Gasteiger charge is -2.27. The number of aromatic nitrogens is 1. The molecule has 1 amide bonds. The Bertz CT molecular complexity index is 546. The number of amides is 1. The fourth-order valence-corrected chi connectivity index (χ4v) is 2.50. The van der Waals surface area contributed by atoms with Gasteiger partial charge in [0.2, 0.25) is 0 Å². The SMILES string of the molecule is O=C(NCC(F)(F)F)c1ccc2c(n1)N[C@@H]1CCN2C1. The average molecular weight is 286 g/mol. The van der Waals surface area contributed by atoms with Gasteiger partial charge in [0, 0.05) is 19.1 Å². The summed E-state index contributed by atoms with van der Waals surface area (Å²) in [5.41, 5.74) is 0.883. The van der Waals surface area contributed by atoms with Crippen LogP contribution < -0.4 is 15.5 Å². The second-order valence-corrected chi connectivity index (χ2v) is 4.94. The second-order valence-electron chi connectivity index (χ2n) is 4.94. The van der Waals surface area contributed by atoms with E-state index >= 15 is 0 Å². The first-order chi connectivity index (χ1) is 9.42. The van der Waals surface area contributed by atoms with E-state index < -0.39 is 18.6 Å². The maximum absolute atomic E-state index is 12.1. The lowest BCUT2D eigenvalue weighted by Crippen LogP contribution is -2.35. The molecule has 0 spiro atoms. The number of fused-ring (bicyclic) bond motifs is 4. The number of halogens is 3.